The lowest BCUT2D eigenvalue weighted by atomic mass is 10.1. The summed E-state index contributed by atoms with van der Waals surface area (Å²) in [6.45, 7) is -0.750. The predicted molar refractivity (Wildman–Crippen MR) is 92.1 cm³/mol. The number of rotatable bonds is 6. The fourth-order valence-corrected chi connectivity index (χ4v) is 2.53. The van der Waals surface area contributed by atoms with Gasteiger partial charge in [-0.15, -0.1) is 0 Å². The third-order valence-electron chi connectivity index (χ3n) is 3.17. The summed E-state index contributed by atoms with van der Waals surface area (Å²) in [7, 11) is 0. The first-order valence-corrected chi connectivity index (χ1v) is 7.63. The average Bonchev–Trinajstić information content (AvgIpc) is 2.57. The van der Waals surface area contributed by atoms with E-state index >= 15 is 0 Å². The largest absolute Gasteiger partial charge is 0.480 e. The molecule has 6 nitrogen and oxygen atoms in total. The van der Waals surface area contributed by atoms with Gasteiger partial charge in [-0.3, -0.25) is 9.59 Å². The standard InChI is InChI=1S/C16H14Cl2N2O4/c17-11-6-5-9(8-21)14(18)15(11)20-12-4-2-1-3-10(12)16(24)19-7-13(22)23/h1-6,20-21H,7-8H2,(H,19,24)(H,22,23). The summed E-state index contributed by atoms with van der Waals surface area (Å²) < 4.78 is 0. The molecule has 0 radical (unpaired) electrons. The van der Waals surface area contributed by atoms with Gasteiger partial charge in [0.2, 0.25) is 0 Å². The minimum absolute atomic E-state index is 0.236. The van der Waals surface area contributed by atoms with Crippen LogP contribution in [0.3, 0.4) is 0 Å². The Morgan fingerprint density at radius 3 is 2.46 bits per heavy atom. The van der Waals surface area contributed by atoms with Crippen molar-refractivity contribution in [1.82, 2.24) is 5.32 Å². The molecule has 2 rings (SSSR count). The van der Waals surface area contributed by atoms with Crippen LogP contribution in [0.1, 0.15) is 15.9 Å². The van der Waals surface area contributed by atoms with Crippen LogP contribution in [-0.4, -0.2) is 28.6 Å². The minimum Gasteiger partial charge on any atom is -0.480 e. The van der Waals surface area contributed by atoms with E-state index in [0.29, 0.717) is 22.0 Å². The Morgan fingerprint density at radius 1 is 1.08 bits per heavy atom. The van der Waals surface area contributed by atoms with Gasteiger partial charge in [0.1, 0.15) is 6.54 Å². The van der Waals surface area contributed by atoms with Gasteiger partial charge in [0.05, 0.1) is 33.6 Å². The Kier molecular flexibility index (Phi) is 6.03. The lowest BCUT2D eigenvalue weighted by molar-refractivity contribution is -0.135. The molecule has 8 heteroatoms. The summed E-state index contributed by atoms with van der Waals surface area (Å²) in [5, 5.41) is 23.8. The molecule has 0 aliphatic heterocycles. The van der Waals surface area contributed by atoms with Crippen LogP contribution < -0.4 is 10.6 Å². The highest BCUT2D eigenvalue weighted by atomic mass is 35.5. The number of hydrogen-bond acceptors (Lipinski definition) is 4. The van der Waals surface area contributed by atoms with Crippen molar-refractivity contribution in [2.24, 2.45) is 0 Å². The van der Waals surface area contributed by atoms with Crippen molar-refractivity contribution >= 4 is 46.5 Å². The molecular formula is C16H14Cl2N2O4. The zero-order chi connectivity index (χ0) is 17.7. The lowest BCUT2D eigenvalue weighted by Crippen LogP contribution is -2.29. The second kappa shape index (κ2) is 8.01. The van der Waals surface area contributed by atoms with Gasteiger partial charge in [-0.2, -0.15) is 0 Å². The predicted octanol–water partition coefficient (Wildman–Crippen LogP) is 3.04. The molecule has 1 amide bonds. The van der Waals surface area contributed by atoms with Gasteiger partial charge < -0.3 is 20.8 Å². The number of anilines is 2. The first kappa shape index (κ1) is 18.1. The highest BCUT2D eigenvalue weighted by molar-refractivity contribution is 6.39. The monoisotopic (exact) mass is 368 g/mol. The second-order valence-electron chi connectivity index (χ2n) is 4.80. The van der Waals surface area contributed by atoms with Crippen LogP contribution in [0.25, 0.3) is 0 Å². The maximum atomic E-state index is 12.1. The number of benzene rings is 2. The summed E-state index contributed by atoms with van der Waals surface area (Å²) in [6, 6.07) is 9.70. The molecule has 0 unspecified atom stereocenters. The molecule has 2 aromatic rings. The summed E-state index contributed by atoms with van der Waals surface area (Å²) >= 11 is 12.3. The molecule has 126 valence electrons. The molecule has 4 N–H and O–H groups in total. The minimum atomic E-state index is -1.14. The third-order valence-corrected chi connectivity index (χ3v) is 3.92. The van der Waals surface area contributed by atoms with Gasteiger partial charge in [-0.1, -0.05) is 41.4 Å². The van der Waals surface area contributed by atoms with E-state index in [2.05, 4.69) is 10.6 Å². The van der Waals surface area contributed by atoms with E-state index in [4.69, 9.17) is 28.3 Å². The first-order valence-electron chi connectivity index (χ1n) is 6.87. The highest BCUT2D eigenvalue weighted by Crippen LogP contribution is 2.36. The third kappa shape index (κ3) is 4.17. The van der Waals surface area contributed by atoms with Crippen LogP contribution in [0.4, 0.5) is 11.4 Å². The summed E-state index contributed by atoms with van der Waals surface area (Å²) in [6.07, 6.45) is 0. The zero-order valence-corrected chi connectivity index (χ0v) is 13.9. The number of carbonyl (C=O) groups is 2. The molecule has 0 fully saturated rings. The molecule has 0 saturated carbocycles. The van der Waals surface area contributed by atoms with Crippen LogP contribution in [-0.2, 0) is 11.4 Å². The molecule has 24 heavy (non-hydrogen) atoms. The van der Waals surface area contributed by atoms with E-state index in [0.717, 1.165) is 0 Å². The second-order valence-corrected chi connectivity index (χ2v) is 5.59. The molecule has 0 aliphatic carbocycles. The highest BCUT2D eigenvalue weighted by Gasteiger charge is 2.15. The van der Waals surface area contributed by atoms with Crippen molar-refractivity contribution in [2.45, 2.75) is 6.61 Å². The normalized spacial score (nSPS) is 10.3. The van der Waals surface area contributed by atoms with Gasteiger partial charge >= 0.3 is 5.97 Å². The number of carboxylic acids is 1. The molecule has 0 aromatic heterocycles. The fraction of sp³-hybridized carbons (Fsp3) is 0.125. The Bertz CT molecular complexity index is 781. The van der Waals surface area contributed by atoms with E-state index in [1.54, 1.807) is 30.3 Å². The maximum absolute atomic E-state index is 12.1. The number of aliphatic carboxylic acids is 1. The van der Waals surface area contributed by atoms with E-state index in [1.807, 2.05) is 0 Å². The van der Waals surface area contributed by atoms with Gasteiger partial charge in [0, 0.05) is 0 Å². The van der Waals surface area contributed by atoms with Crippen LogP contribution in [0, 0.1) is 0 Å². The van der Waals surface area contributed by atoms with Crippen LogP contribution in [0.15, 0.2) is 36.4 Å². The smallest absolute Gasteiger partial charge is 0.322 e. The molecule has 0 spiro atoms. The SMILES string of the molecule is O=C(O)CNC(=O)c1ccccc1Nc1c(Cl)ccc(CO)c1Cl. The average molecular weight is 369 g/mol. The summed E-state index contributed by atoms with van der Waals surface area (Å²) in [4.78, 5) is 22.7. The van der Waals surface area contributed by atoms with Gasteiger partial charge in [0.25, 0.3) is 5.91 Å². The van der Waals surface area contributed by atoms with E-state index in [-0.39, 0.29) is 17.2 Å². The van der Waals surface area contributed by atoms with E-state index in [1.165, 1.54) is 6.07 Å². The molecule has 0 atom stereocenters. The maximum Gasteiger partial charge on any atom is 0.322 e. The first-order chi connectivity index (χ1) is 11.4. The van der Waals surface area contributed by atoms with Gasteiger partial charge in [0.15, 0.2) is 0 Å². The number of amides is 1. The van der Waals surface area contributed by atoms with Crippen molar-refractivity contribution in [2.75, 3.05) is 11.9 Å². The molecular weight excluding hydrogens is 355 g/mol. The molecule has 0 heterocycles. The summed E-state index contributed by atoms with van der Waals surface area (Å²) in [5.74, 6) is -1.69. The topological polar surface area (TPSA) is 98.7 Å². The zero-order valence-electron chi connectivity index (χ0n) is 12.3. The molecule has 0 bridgehead atoms. The number of carboxylic acid groups (broad SMARTS) is 1. The Hall–Kier alpha value is -2.28. The number of para-hydroxylation sites is 1. The van der Waals surface area contributed by atoms with Crippen molar-refractivity contribution < 1.29 is 19.8 Å². The van der Waals surface area contributed by atoms with Crippen molar-refractivity contribution in [3.05, 3.63) is 57.6 Å². The van der Waals surface area contributed by atoms with Crippen LogP contribution in [0.2, 0.25) is 10.0 Å². The molecule has 0 saturated heterocycles. The lowest BCUT2D eigenvalue weighted by Gasteiger charge is -2.15. The van der Waals surface area contributed by atoms with Gasteiger partial charge in [-0.05, 0) is 23.8 Å². The fourth-order valence-electron chi connectivity index (χ4n) is 2.01. The van der Waals surface area contributed by atoms with Crippen molar-refractivity contribution in [3.8, 4) is 0 Å². The Balaban J connectivity index is 2.35. The number of halogens is 2. The number of aliphatic hydroxyl groups excluding tert-OH is 1. The Morgan fingerprint density at radius 2 is 1.79 bits per heavy atom. The number of hydrogen-bond donors (Lipinski definition) is 4. The van der Waals surface area contributed by atoms with Gasteiger partial charge in [-0.25, -0.2) is 0 Å². The van der Waals surface area contributed by atoms with Crippen LogP contribution >= 0.6 is 23.2 Å². The van der Waals surface area contributed by atoms with Crippen LogP contribution in [0.5, 0.6) is 0 Å². The van der Waals surface area contributed by atoms with E-state index < -0.39 is 18.4 Å². The van der Waals surface area contributed by atoms with Crippen molar-refractivity contribution in [3.63, 3.8) is 0 Å². The van der Waals surface area contributed by atoms with Crippen molar-refractivity contribution in [1.29, 1.82) is 0 Å². The summed E-state index contributed by atoms with van der Waals surface area (Å²) in [5.41, 5.74) is 1.47. The molecule has 0 aliphatic rings. The Labute approximate surface area is 148 Å². The number of aliphatic hydroxyl groups is 1. The quantitative estimate of drug-likeness (QED) is 0.627. The molecule has 2 aromatic carbocycles. The van der Waals surface area contributed by atoms with E-state index in [9.17, 15) is 14.7 Å². The number of carbonyl (C=O) groups excluding carboxylic acids is 1. The number of nitrogens with one attached hydrogen (secondary N) is 2.